The SMILES string of the molecule is COc1ccc(C(F)(F)F)cc1-c1cc(Cl)ccc1C(=O)O. The van der Waals surface area contributed by atoms with Gasteiger partial charge in [-0.3, -0.25) is 0 Å². The van der Waals surface area contributed by atoms with Crippen molar-refractivity contribution in [2.75, 3.05) is 7.11 Å². The molecular formula is C15H10ClF3O3. The van der Waals surface area contributed by atoms with Crippen LogP contribution in [0.5, 0.6) is 5.75 Å². The molecule has 2 rings (SSSR count). The number of benzene rings is 2. The number of carboxylic acid groups (broad SMARTS) is 1. The molecule has 2 aromatic carbocycles. The Morgan fingerprint density at radius 1 is 1.14 bits per heavy atom. The van der Waals surface area contributed by atoms with Crippen LogP contribution in [0.1, 0.15) is 15.9 Å². The maximum Gasteiger partial charge on any atom is 0.416 e. The van der Waals surface area contributed by atoms with Gasteiger partial charge in [0.25, 0.3) is 0 Å². The number of hydrogen-bond acceptors (Lipinski definition) is 2. The minimum atomic E-state index is -4.55. The molecule has 0 atom stereocenters. The third kappa shape index (κ3) is 3.17. The van der Waals surface area contributed by atoms with Gasteiger partial charge in [0, 0.05) is 16.1 Å². The molecule has 0 fully saturated rings. The van der Waals surface area contributed by atoms with Gasteiger partial charge in [0.1, 0.15) is 5.75 Å². The monoisotopic (exact) mass is 330 g/mol. The average Bonchev–Trinajstić information content (AvgIpc) is 2.45. The van der Waals surface area contributed by atoms with Gasteiger partial charge in [-0.2, -0.15) is 13.2 Å². The fourth-order valence-electron chi connectivity index (χ4n) is 2.02. The van der Waals surface area contributed by atoms with Gasteiger partial charge in [-0.05, 0) is 36.4 Å². The lowest BCUT2D eigenvalue weighted by Crippen LogP contribution is -2.06. The highest BCUT2D eigenvalue weighted by Gasteiger charge is 2.31. The van der Waals surface area contributed by atoms with Crippen molar-refractivity contribution in [3.63, 3.8) is 0 Å². The minimum Gasteiger partial charge on any atom is -0.496 e. The van der Waals surface area contributed by atoms with E-state index in [0.29, 0.717) is 0 Å². The van der Waals surface area contributed by atoms with E-state index >= 15 is 0 Å². The molecule has 116 valence electrons. The number of ether oxygens (including phenoxy) is 1. The molecule has 0 aromatic heterocycles. The van der Waals surface area contributed by atoms with Crippen LogP contribution in [0.2, 0.25) is 5.02 Å². The van der Waals surface area contributed by atoms with E-state index < -0.39 is 17.7 Å². The standard InChI is InChI=1S/C15H10ClF3O3/c1-22-13-5-2-8(15(17,18)19)6-12(13)11-7-9(16)3-4-10(11)14(20)21/h2-7H,1H3,(H,20,21). The van der Waals surface area contributed by atoms with Gasteiger partial charge >= 0.3 is 12.1 Å². The quantitative estimate of drug-likeness (QED) is 0.884. The van der Waals surface area contributed by atoms with E-state index in [-0.39, 0.29) is 27.5 Å². The Bertz CT molecular complexity index is 726. The van der Waals surface area contributed by atoms with Crippen LogP contribution in [0.3, 0.4) is 0 Å². The summed E-state index contributed by atoms with van der Waals surface area (Å²) in [6.45, 7) is 0. The van der Waals surface area contributed by atoms with Crippen LogP contribution in [0.15, 0.2) is 36.4 Å². The second-order valence-electron chi connectivity index (χ2n) is 4.41. The van der Waals surface area contributed by atoms with E-state index in [2.05, 4.69) is 0 Å². The lowest BCUT2D eigenvalue weighted by Gasteiger charge is -2.14. The smallest absolute Gasteiger partial charge is 0.416 e. The molecule has 2 aromatic rings. The van der Waals surface area contributed by atoms with Crippen molar-refractivity contribution in [1.82, 2.24) is 0 Å². The van der Waals surface area contributed by atoms with Crippen LogP contribution in [0.25, 0.3) is 11.1 Å². The van der Waals surface area contributed by atoms with Gasteiger partial charge in [0.15, 0.2) is 0 Å². The van der Waals surface area contributed by atoms with Crippen LogP contribution >= 0.6 is 11.6 Å². The van der Waals surface area contributed by atoms with Gasteiger partial charge in [0.2, 0.25) is 0 Å². The second-order valence-corrected chi connectivity index (χ2v) is 4.84. The van der Waals surface area contributed by atoms with Crippen molar-refractivity contribution < 1.29 is 27.8 Å². The maximum atomic E-state index is 12.9. The van der Waals surface area contributed by atoms with Crippen molar-refractivity contribution in [2.45, 2.75) is 6.18 Å². The maximum absolute atomic E-state index is 12.9. The molecule has 7 heteroatoms. The Morgan fingerprint density at radius 2 is 1.82 bits per heavy atom. The average molecular weight is 331 g/mol. The molecule has 0 aliphatic carbocycles. The van der Waals surface area contributed by atoms with Crippen molar-refractivity contribution in [2.24, 2.45) is 0 Å². The number of carboxylic acids is 1. The highest BCUT2D eigenvalue weighted by molar-refractivity contribution is 6.31. The van der Waals surface area contributed by atoms with Crippen molar-refractivity contribution in [3.8, 4) is 16.9 Å². The lowest BCUT2D eigenvalue weighted by atomic mass is 9.97. The number of hydrogen-bond donors (Lipinski definition) is 1. The number of rotatable bonds is 3. The largest absolute Gasteiger partial charge is 0.496 e. The first-order chi connectivity index (χ1) is 10.2. The van der Waals surface area contributed by atoms with Crippen LogP contribution in [-0.2, 0) is 6.18 Å². The van der Waals surface area contributed by atoms with Gasteiger partial charge in [-0.15, -0.1) is 0 Å². The topological polar surface area (TPSA) is 46.5 Å². The van der Waals surface area contributed by atoms with E-state index in [1.54, 1.807) is 0 Å². The van der Waals surface area contributed by atoms with Crippen LogP contribution < -0.4 is 4.74 Å². The summed E-state index contributed by atoms with van der Waals surface area (Å²) in [4.78, 5) is 11.3. The Balaban J connectivity index is 2.75. The molecular weight excluding hydrogens is 321 g/mol. The number of methoxy groups -OCH3 is 1. The molecule has 0 heterocycles. The van der Waals surface area contributed by atoms with E-state index in [4.69, 9.17) is 16.3 Å². The van der Waals surface area contributed by atoms with Crippen LogP contribution in [0, 0.1) is 0 Å². The number of alkyl halides is 3. The lowest BCUT2D eigenvalue weighted by molar-refractivity contribution is -0.137. The van der Waals surface area contributed by atoms with E-state index in [1.807, 2.05) is 0 Å². The molecule has 0 unspecified atom stereocenters. The van der Waals surface area contributed by atoms with Gasteiger partial charge in [0.05, 0.1) is 18.2 Å². The van der Waals surface area contributed by atoms with E-state index in [9.17, 15) is 23.1 Å². The molecule has 0 aliphatic heterocycles. The third-order valence-corrected chi connectivity index (χ3v) is 3.26. The first kappa shape index (κ1) is 16.2. The van der Waals surface area contributed by atoms with Gasteiger partial charge in [-0.25, -0.2) is 4.79 Å². The van der Waals surface area contributed by atoms with E-state index in [1.165, 1.54) is 25.3 Å². The molecule has 0 saturated carbocycles. The van der Waals surface area contributed by atoms with Crippen molar-refractivity contribution >= 4 is 17.6 Å². The summed E-state index contributed by atoms with van der Waals surface area (Å²) in [6, 6.07) is 6.74. The normalized spacial score (nSPS) is 11.3. The zero-order chi connectivity index (χ0) is 16.5. The number of aromatic carboxylic acids is 1. The van der Waals surface area contributed by atoms with Crippen LogP contribution in [-0.4, -0.2) is 18.2 Å². The molecule has 22 heavy (non-hydrogen) atoms. The first-order valence-corrected chi connectivity index (χ1v) is 6.40. The molecule has 0 saturated heterocycles. The van der Waals surface area contributed by atoms with Gasteiger partial charge < -0.3 is 9.84 Å². The van der Waals surface area contributed by atoms with Gasteiger partial charge in [-0.1, -0.05) is 11.6 Å². The summed E-state index contributed by atoms with van der Waals surface area (Å²) in [5.41, 5.74) is -0.998. The summed E-state index contributed by atoms with van der Waals surface area (Å²) in [7, 11) is 1.29. The minimum absolute atomic E-state index is 0.0113. The molecule has 0 radical (unpaired) electrons. The summed E-state index contributed by atoms with van der Waals surface area (Å²) >= 11 is 5.84. The van der Waals surface area contributed by atoms with Crippen molar-refractivity contribution in [1.29, 1.82) is 0 Å². The summed E-state index contributed by atoms with van der Waals surface area (Å²) in [5, 5.41) is 9.41. The Hall–Kier alpha value is -2.21. The van der Waals surface area contributed by atoms with E-state index in [0.717, 1.165) is 18.2 Å². The first-order valence-electron chi connectivity index (χ1n) is 6.02. The summed E-state index contributed by atoms with van der Waals surface area (Å²) in [6.07, 6.45) is -4.55. The Labute approximate surface area is 128 Å². The molecule has 0 aliphatic rings. The zero-order valence-corrected chi connectivity index (χ0v) is 12.0. The number of carbonyl (C=O) groups is 1. The predicted octanol–water partition coefficient (Wildman–Crippen LogP) is 4.73. The number of halogens is 4. The Kier molecular flexibility index (Phi) is 4.32. The third-order valence-electron chi connectivity index (χ3n) is 3.03. The summed E-state index contributed by atoms with van der Waals surface area (Å²) in [5.74, 6) is -1.15. The zero-order valence-electron chi connectivity index (χ0n) is 11.2. The highest BCUT2D eigenvalue weighted by atomic mass is 35.5. The second kappa shape index (κ2) is 5.88. The molecule has 0 bridgehead atoms. The fraction of sp³-hybridized carbons (Fsp3) is 0.133. The Morgan fingerprint density at radius 3 is 2.36 bits per heavy atom. The molecule has 0 amide bonds. The fourth-order valence-corrected chi connectivity index (χ4v) is 2.19. The van der Waals surface area contributed by atoms with Crippen LogP contribution in [0.4, 0.5) is 13.2 Å². The molecule has 1 N–H and O–H groups in total. The highest BCUT2D eigenvalue weighted by Crippen LogP contribution is 2.39. The molecule has 3 nitrogen and oxygen atoms in total. The predicted molar refractivity (Wildman–Crippen MR) is 75.4 cm³/mol. The van der Waals surface area contributed by atoms with Crippen molar-refractivity contribution in [3.05, 3.63) is 52.5 Å². The summed E-state index contributed by atoms with van der Waals surface area (Å²) < 4.78 is 43.7. The molecule has 0 spiro atoms.